The molecule has 0 saturated carbocycles. The second-order valence-corrected chi connectivity index (χ2v) is 7.84. The number of methoxy groups -OCH3 is 1. The molecule has 0 radical (unpaired) electrons. The smallest absolute Gasteiger partial charge is 0.223 e. The van der Waals surface area contributed by atoms with Crippen LogP contribution in [-0.2, 0) is 24.7 Å². The molecule has 27 heavy (non-hydrogen) atoms. The van der Waals surface area contributed by atoms with E-state index in [-0.39, 0.29) is 17.9 Å². The zero-order chi connectivity index (χ0) is 19.0. The highest BCUT2D eigenvalue weighted by molar-refractivity contribution is 5.79. The Kier molecular flexibility index (Phi) is 4.91. The van der Waals surface area contributed by atoms with Crippen LogP contribution in [0.1, 0.15) is 35.6 Å². The molecule has 1 fully saturated rings. The SMILES string of the molecule is COc1ccc2c(c1)C[C@H](NC[C@@H]1CC(=O)N(C)[C@H]1c1cnn(C)c1)CC2. The lowest BCUT2D eigenvalue weighted by atomic mass is 9.87. The summed E-state index contributed by atoms with van der Waals surface area (Å²) < 4.78 is 7.18. The van der Waals surface area contributed by atoms with Crippen molar-refractivity contribution in [1.29, 1.82) is 0 Å². The van der Waals surface area contributed by atoms with Crippen LogP contribution in [-0.4, -0.2) is 47.3 Å². The number of rotatable bonds is 5. The van der Waals surface area contributed by atoms with Crippen LogP contribution < -0.4 is 10.1 Å². The quantitative estimate of drug-likeness (QED) is 0.878. The Balaban J connectivity index is 1.42. The molecule has 1 aromatic heterocycles. The van der Waals surface area contributed by atoms with Gasteiger partial charge in [0.15, 0.2) is 0 Å². The molecule has 4 rings (SSSR count). The fourth-order valence-electron chi connectivity index (χ4n) is 4.58. The number of ether oxygens (including phenoxy) is 1. The fourth-order valence-corrected chi connectivity index (χ4v) is 4.58. The summed E-state index contributed by atoms with van der Waals surface area (Å²) in [5.74, 6) is 1.42. The van der Waals surface area contributed by atoms with E-state index < -0.39 is 0 Å². The summed E-state index contributed by atoms with van der Waals surface area (Å²) in [6.07, 6.45) is 7.74. The monoisotopic (exact) mass is 368 g/mol. The van der Waals surface area contributed by atoms with E-state index in [1.165, 1.54) is 11.1 Å². The van der Waals surface area contributed by atoms with Crippen molar-refractivity contribution >= 4 is 5.91 Å². The number of fused-ring (bicyclic) bond motifs is 1. The second-order valence-electron chi connectivity index (χ2n) is 7.84. The van der Waals surface area contributed by atoms with Gasteiger partial charge in [-0.1, -0.05) is 6.07 Å². The molecular weight excluding hydrogens is 340 g/mol. The van der Waals surface area contributed by atoms with Crippen LogP contribution in [0.5, 0.6) is 5.75 Å². The molecule has 2 aliphatic rings. The summed E-state index contributed by atoms with van der Waals surface area (Å²) in [5, 5.41) is 8.04. The largest absolute Gasteiger partial charge is 0.497 e. The predicted octanol–water partition coefficient (Wildman–Crippen LogP) is 2.10. The van der Waals surface area contributed by atoms with Gasteiger partial charge in [-0.05, 0) is 42.5 Å². The fraction of sp³-hybridized carbons (Fsp3) is 0.524. The summed E-state index contributed by atoms with van der Waals surface area (Å²) in [6, 6.07) is 6.95. The predicted molar refractivity (Wildman–Crippen MR) is 104 cm³/mol. The van der Waals surface area contributed by atoms with Crippen molar-refractivity contribution in [2.75, 3.05) is 20.7 Å². The van der Waals surface area contributed by atoms with Gasteiger partial charge in [0.25, 0.3) is 0 Å². The van der Waals surface area contributed by atoms with Crippen LogP contribution in [0.25, 0.3) is 0 Å². The Labute approximate surface area is 160 Å². The van der Waals surface area contributed by atoms with Gasteiger partial charge >= 0.3 is 0 Å². The number of nitrogens with zero attached hydrogens (tertiary/aromatic N) is 3. The number of carbonyl (C=O) groups is 1. The molecule has 144 valence electrons. The van der Waals surface area contributed by atoms with Crippen LogP contribution >= 0.6 is 0 Å². The van der Waals surface area contributed by atoms with Gasteiger partial charge in [0.1, 0.15) is 5.75 Å². The van der Waals surface area contributed by atoms with Gasteiger partial charge in [-0.25, -0.2) is 0 Å². The minimum absolute atomic E-state index is 0.106. The van der Waals surface area contributed by atoms with Crippen molar-refractivity contribution in [3.63, 3.8) is 0 Å². The number of hydrogen-bond donors (Lipinski definition) is 1. The Morgan fingerprint density at radius 3 is 2.85 bits per heavy atom. The summed E-state index contributed by atoms with van der Waals surface area (Å²) in [4.78, 5) is 14.2. The van der Waals surface area contributed by atoms with Crippen molar-refractivity contribution < 1.29 is 9.53 Å². The topological polar surface area (TPSA) is 59.4 Å². The maximum atomic E-state index is 12.3. The lowest BCUT2D eigenvalue weighted by Gasteiger charge is -2.29. The Bertz CT molecular complexity index is 831. The van der Waals surface area contributed by atoms with Crippen LogP contribution in [0.3, 0.4) is 0 Å². The molecule has 0 unspecified atom stereocenters. The van der Waals surface area contributed by atoms with Crippen molar-refractivity contribution in [2.45, 2.75) is 37.8 Å². The van der Waals surface area contributed by atoms with Gasteiger partial charge in [0, 0.05) is 50.8 Å². The number of aromatic nitrogens is 2. The average Bonchev–Trinajstić information content (AvgIpc) is 3.22. The summed E-state index contributed by atoms with van der Waals surface area (Å²) in [5.41, 5.74) is 3.93. The van der Waals surface area contributed by atoms with E-state index in [1.54, 1.807) is 7.11 Å². The first-order chi connectivity index (χ1) is 13.0. The van der Waals surface area contributed by atoms with E-state index in [0.717, 1.165) is 37.1 Å². The van der Waals surface area contributed by atoms with E-state index in [2.05, 4.69) is 22.5 Å². The first kappa shape index (κ1) is 18.0. The van der Waals surface area contributed by atoms with Crippen LogP contribution in [0.15, 0.2) is 30.6 Å². The van der Waals surface area contributed by atoms with Gasteiger partial charge < -0.3 is 15.0 Å². The number of hydrogen-bond acceptors (Lipinski definition) is 4. The molecule has 2 aromatic rings. The molecular formula is C21H28N4O2. The minimum Gasteiger partial charge on any atom is -0.497 e. The molecule has 2 heterocycles. The first-order valence-electron chi connectivity index (χ1n) is 9.68. The van der Waals surface area contributed by atoms with Gasteiger partial charge in [-0.3, -0.25) is 9.48 Å². The van der Waals surface area contributed by atoms with Gasteiger partial charge in [-0.15, -0.1) is 0 Å². The number of likely N-dealkylation sites (tertiary alicyclic amines) is 1. The van der Waals surface area contributed by atoms with Gasteiger partial charge in [0.2, 0.25) is 5.91 Å². The van der Waals surface area contributed by atoms with Crippen LogP contribution in [0.4, 0.5) is 0 Å². The van der Waals surface area contributed by atoms with E-state index in [9.17, 15) is 4.79 Å². The average molecular weight is 368 g/mol. The molecule has 1 N–H and O–H groups in total. The van der Waals surface area contributed by atoms with Crippen molar-refractivity contribution in [1.82, 2.24) is 20.0 Å². The Hall–Kier alpha value is -2.34. The summed E-state index contributed by atoms with van der Waals surface area (Å²) in [6.45, 7) is 0.847. The van der Waals surface area contributed by atoms with Crippen LogP contribution in [0, 0.1) is 5.92 Å². The van der Waals surface area contributed by atoms with Crippen molar-refractivity contribution in [3.8, 4) is 5.75 Å². The van der Waals surface area contributed by atoms with Gasteiger partial charge in [0.05, 0.1) is 19.3 Å². The van der Waals surface area contributed by atoms with Crippen molar-refractivity contribution in [3.05, 3.63) is 47.3 Å². The molecule has 0 spiro atoms. The van der Waals surface area contributed by atoms with E-state index in [1.807, 2.05) is 42.1 Å². The first-order valence-corrected chi connectivity index (χ1v) is 9.68. The zero-order valence-electron chi connectivity index (χ0n) is 16.3. The minimum atomic E-state index is 0.106. The highest BCUT2D eigenvalue weighted by atomic mass is 16.5. The summed E-state index contributed by atoms with van der Waals surface area (Å²) in [7, 11) is 5.54. The van der Waals surface area contributed by atoms with E-state index in [0.29, 0.717) is 12.5 Å². The Morgan fingerprint density at radius 1 is 1.26 bits per heavy atom. The number of carbonyl (C=O) groups excluding carboxylic acids is 1. The third-order valence-electron chi connectivity index (χ3n) is 6.07. The van der Waals surface area contributed by atoms with Gasteiger partial charge in [-0.2, -0.15) is 5.10 Å². The highest BCUT2D eigenvalue weighted by Gasteiger charge is 2.39. The molecule has 3 atom stereocenters. The molecule has 1 aliphatic heterocycles. The van der Waals surface area contributed by atoms with E-state index >= 15 is 0 Å². The summed E-state index contributed by atoms with van der Waals surface area (Å²) >= 11 is 0. The third kappa shape index (κ3) is 3.58. The standard InChI is InChI=1S/C21H28N4O2/c1-24-13-17(12-23-24)21-16(10-20(26)25(21)2)11-22-18-6-4-14-5-7-19(27-3)9-15(14)8-18/h5,7,9,12-13,16,18,21-22H,4,6,8,10-11H2,1-3H3/t16-,18+,21+/m0/s1. The molecule has 0 bridgehead atoms. The van der Waals surface area contributed by atoms with Crippen LogP contribution in [0.2, 0.25) is 0 Å². The second kappa shape index (κ2) is 7.35. The maximum absolute atomic E-state index is 12.3. The Morgan fingerprint density at radius 2 is 2.11 bits per heavy atom. The zero-order valence-corrected chi connectivity index (χ0v) is 16.3. The molecule has 1 aliphatic carbocycles. The molecule has 6 heteroatoms. The number of aryl methyl sites for hydroxylation is 2. The molecule has 6 nitrogen and oxygen atoms in total. The molecule has 1 amide bonds. The number of amides is 1. The molecule has 1 saturated heterocycles. The normalized spacial score (nSPS) is 24.9. The van der Waals surface area contributed by atoms with E-state index in [4.69, 9.17) is 4.74 Å². The number of benzene rings is 1. The number of nitrogens with one attached hydrogen (secondary N) is 1. The molecule has 1 aromatic carbocycles. The third-order valence-corrected chi connectivity index (χ3v) is 6.07. The lowest BCUT2D eigenvalue weighted by Crippen LogP contribution is -2.38. The lowest BCUT2D eigenvalue weighted by molar-refractivity contribution is -0.127. The van der Waals surface area contributed by atoms with Crippen molar-refractivity contribution in [2.24, 2.45) is 13.0 Å². The highest BCUT2D eigenvalue weighted by Crippen LogP contribution is 2.36. The maximum Gasteiger partial charge on any atom is 0.223 e.